The molecule has 2 unspecified atom stereocenters. The third kappa shape index (κ3) is 7.61. The molecule has 1 aromatic rings. The highest BCUT2D eigenvalue weighted by molar-refractivity contribution is 8.03. The van der Waals surface area contributed by atoms with Crippen LogP contribution in [-0.2, 0) is 6.54 Å². The summed E-state index contributed by atoms with van der Waals surface area (Å²) in [6.45, 7) is 7.07. The second kappa shape index (κ2) is 12.8. The van der Waals surface area contributed by atoms with Gasteiger partial charge < -0.3 is 0 Å². The summed E-state index contributed by atoms with van der Waals surface area (Å²) in [5.41, 5.74) is 4.56. The molecule has 0 bridgehead atoms. The zero-order valence-corrected chi connectivity index (χ0v) is 22.7. The Labute approximate surface area is 222 Å². The summed E-state index contributed by atoms with van der Waals surface area (Å²) < 4.78 is 0. The molecule has 4 aliphatic rings. The van der Waals surface area contributed by atoms with E-state index in [1.165, 1.54) is 86.5 Å². The van der Waals surface area contributed by atoms with Crippen molar-refractivity contribution in [3.05, 3.63) is 82.3 Å². The van der Waals surface area contributed by atoms with Crippen molar-refractivity contribution in [1.82, 2.24) is 9.80 Å². The number of nitrogens with zero attached hydrogens (tertiary/aromatic N) is 2. The quantitative estimate of drug-likeness (QED) is 0.337. The van der Waals surface area contributed by atoms with E-state index in [4.69, 9.17) is 11.6 Å². The molecule has 0 radical (unpaired) electrons. The van der Waals surface area contributed by atoms with Gasteiger partial charge in [0, 0.05) is 24.5 Å². The topological polar surface area (TPSA) is 6.48 Å². The van der Waals surface area contributed by atoms with Crippen molar-refractivity contribution >= 4 is 23.4 Å². The standard InChI is InChI=1S/C31H41ClN2S/c32-30-8-4-7-27(21-30)24-33-16-11-25(12-17-33)15-20-35-31-10-9-28-13-18-34(19-14-29(28)22-31)23-26-5-2-1-3-6-26/h1-7,10,21-22,25,28,30H,8-9,11-20,23-24H2. The SMILES string of the molecule is ClC1C=C(CN2CCC(CCSC3=CCC4CCN(Cc5ccccc5)CCC4=C3)CC2)C=CC1. The number of hydrogen-bond acceptors (Lipinski definition) is 3. The minimum absolute atomic E-state index is 0.190. The largest absolute Gasteiger partial charge is 0.299 e. The first-order chi connectivity index (χ1) is 17.2. The molecule has 0 spiro atoms. The number of piperidine rings is 1. The van der Waals surface area contributed by atoms with Crippen LogP contribution in [0.4, 0.5) is 0 Å². The highest BCUT2D eigenvalue weighted by Gasteiger charge is 2.24. The van der Waals surface area contributed by atoms with Crippen molar-refractivity contribution < 1.29 is 0 Å². The highest BCUT2D eigenvalue weighted by atomic mass is 35.5. The van der Waals surface area contributed by atoms with E-state index in [0.29, 0.717) is 0 Å². The Morgan fingerprint density at radius 3 is 2.54 bits per heavy atom. The number of hydrogen-bond donors (Lipinski definition) is 0. The molecule has 2 aliphatic heterocycles. The molecule has 188 valence electrons. The lowest BCUT2D eigenvalue weighted by molar-refractivity contribution is 0.196. The van der Waals surface area contributed by atoms with Crippen LogP contribution in [0.15, 0.2) is 76.8 Å². The smallest absolute Gasteiger partial charge is 0.0556 e. The molecule has 2 saturated heterocycles. The lowest BCUT2D eigenvalue weighted by atomic mass is 9.88. The van der Waals surface area contributed by atoms with E-state index in [-0.39, 0.29) is 5.38 Å². The molecule has 2 atom stereocenters. The molecule has 5 rings (SSSR count). The van der Waals surface area contributed by atoms with Crippen LogP contribution in [0.3, 0.4) is 0 Å². The Kier molecular flexibility index (Phi) is 9.29. The molecular weight excluding hydrogens is 468 g/mol. The fourth-order valence-electron chi connectivity index (χ4n) is 6.03. The minimum Gasteiger partial charge on any atom is -0.299 e. The number of likely N-dealkylation sites (tertiary alicyclic amines) is 2. The average molecular weight is 509 g/mol. The molecule has 35 heavy (non-hydrogen) atoms. The van der Waals surface area contributed by atoms with Gasteiger partial charge in [-0.25, -0.2) is 0 Å². The third-order valence-corrected chi connectivity index (χ3v) is 9.57. The van der Waals surface area contributed by atoms with Crippen LogP contribution < -0.4 is 0 Å². The van der Waals surface area contributed by atoms with Gasteiger partial charge in [-0.3, -0.25) is 9.80 Å². The van der Waals surface area contributed by atoms with Gasteiger partial charge in [-0.1, -0.05) is 60.2 Å². The maximum atomic E-state index is 6.30. The lowest BCUT2D eigenvalue weighted by Crippen LogP contribution is -2.35. The molecule has 2 fully saturated rings. The summed E-state index contributed by atoms with van der Waals surface area (Å²) in [6.07, 6.45) is 20.7. The van der Waals surface area contributed by atoms with Crippen molar-refractivity contribution in [3.8, 4) is 0 Å². The Bertz CT molecular complexity index is 942. The maximum absolute atomic E-state index is 6.30. The number of thioether (sulfide) groups is 1. The molecule has 4 heteroatoms. The van der Waals surface area contributed by atoms with Gasteiger partial charge in [-0.05, 0) is 99.4 Å². The molecule has 0 amide bonds. The average Bonchev–Trinajstić information content (AvgIpc) is 3.08. The molecule has 2 nitrogen and oxygen atoms in total. The number of benzene rings is 1. The fourth-order valence-corrected chi connectivity index (χ4v) is 7.43. The van der Waals surface area contributed by atoms with Crippen LogP contribution in [0.5, 0.6) is 0 Å². The van der Waals surface area contributed by atoms with Crippen molar-refractivity contribution in [2.45, 2.75) is 56.9 Å². The van der Waals surface area contributed by atoms with Gasteiger partial charge in [0.25, 0.3) is 0 Å². The van der Waals surface area contributed by atoms with Crippen LogP contribution >= 0.6 is 23.4 Å². The van der Waals surface area contributed by atoms with Crippen molar-refractivity contribution in [2.75, 3.05) is 38.5 Å². The molecular formula is C31H41ClN2S. The van der Waals surface area contributed by atoms with E-state index < -0.39 is 0 Å². The van der Waals surface area contributed by atoms with Crippen LogP contribution in [-0.4, -0.2) is 53.7 Å². The minimum atomic E-state index is 0.190. The van der Waals surface area contributed by atoms with Crippen LogP contribution in [0.2, 0.25) is 0 Å². The van der Waals surface area contributed by atoms with Gasteiger partial charge in [0.2, 0.25) is 0 Å². The van der Waals surface area contributed by atoms with Gasteiger partial charge in [0.1, 0.15) is 0 Å². The van der Waals surface area contributed by atoms with Crippen LogP contribution in [0.25, 0.3) is 0 Å². The van der Waals surface area contributed by atoms with E-state index in [0.717, 1.165) is 31.3 Å². The Morgan fingerprint density at radius 1 is 0.914 bits per heavy atom. The molecule has 2 heterocycles. The number of alkyl halides is 1. The predicted molar refractivity (Wildman–Crippen MR) is 153 cm³/mol. The van der Waals surface area contributed by atoms with E-state index in [2.05, 4.69) is 82.3 Å². The van der Waals surface area contributed by atoms with E-state index >= 15 is 0 Å². The summed E-state index contributed by atoms with van der Waals surface area (Å²) in [5.74, 6) is 2.93. The van der Waals surface area contributed by atoms with Crippen molar-refractivity contribution in [1.29, 1.82) is 0 Å². The molecule has 0 saturated carbocycles. The van der Waals surface area contributed by atoms with Gasteiger partial charge >= 0.3 is 0 Å². The molecule has 2 aliphatic carbocycles. The second-order valence-corrected chi connectivity index (χ2v) is 12.5. The monoisotopic (exact) mass is 508 g/mol. The molecule has 1 aromatic carbocycles. The summed E-state index contributed by atoms with van der Waals surface area (Å²) in [6, 6.07) is 11.0. The van der Waals surface area contributed by atoms with E-state index in [9.17, 15) is 0 Å². The van der Waals surface area contributed by atoms with Gasteiger partial charge in [-0.15, -0.1) is 23.4 Å². The number of rotatable bonds is 8. The Morgan fingerprint density at radius 2 is 1.71 bits per heavy atom. The summed E-state index contributed by atoms with van der Waals surface area (Å²) >= 11 is 8.41. The second-order valence-electron chi connectivity index (χ2n) is 10.8. The van der Waals surface area contributed by atoms with Crippen molar-refractivity contribution in [2.24, 2.45) is 11.8 Å². The Balaban J connectivity index is 1.02. The lowest BCUT2D eigenvalue weighted by Gasteiger charge is -2.32. The first-order valence-electron chi connectivity index (χ1n) is 13.7. The molecule has 0 aromatic heterocycles. The fraction of sp³-hybridized carbons (Fsp3) is 0.548. The zero-order chi connectivity index (χ0) is 23.9. The number of fused-ring (bicyclic) bond motifs is 1. The zero-order valence-electron chi connectivity index (χ0n) is 21.1. The predicted octanol–water partition coefficient (Wildman–Crippen LogP) is 7.44. The maximum Gasteiger partial charge on any atom is 0.0556 e. The molecule has 0 N–H and O–H groups in total. The summed E-state index contributed by atoms with van der Waals surface area (Å²) in [7, 11) is 0. The van der Waals surface area contributed by atoms with E-state index in [1.807, 2.05) is 0 Å². The Hall–Kier alpha value is -1.26. The van der Waals surface area contributed by atoms with Gasteiger partial charge in [-0.2, -0.15) is 0 Å². The number of allylic oxidation sites excluding steroid dienone is 4. The van der Waals surface area contributed by atoms with E-state index in [1.54, 1.807) is 5.57 Å². The summed E-state index contributed by atoms with van der Waals surface area (Å²) in [5, 5.41) is 0.190. The normalized spacial score (nSPS) is 26.5. The summed E-state index contributed by atoms with van der Waals surface area (Å²) in [4.78, 5) is 6.82. The highest BCUT2D eigenvalue weighted by Crippen LogP contribution is 2.36. The van der Waals surface area contributed by atoms with Gasteiger partial charge in [0.15, 0.2) is 0 Å². The van der Waals surface area contributed by atoms with Crippen LogP contribution in [0.1, 0.15) is 50.5 Å². The van der Waals surface area contributed by atoms with Crippen molar-refractivity contribution in [3.63, 3.8) is 0 Å². The first-order valence-corrected chi connectivity index (χ1v) is 15.2. The number of halogens is 1. The first kappa shape index (κ1) is 25.4. The van der Waals surface area contributed by atoms with Gasteiger partial charge in [0.05, 0.1) is 5.38 Å². The van der Waals surface area contributed by atoms with Crippen LogP contribution in [0, 0.1) is 11.8 Å². The third-order valence-electron chi connectivity index (χ3n) is 8.21.